The second-order valence-electron chi connectivity index (χ2n) is 12.3. The van der Waals surface area contributed by atoms with Gasteiger partial charge in [-0.05, 0) is 61.6 Å². The van der Waals surface area contributed by atoms with E-state index in [1.54, 1.807) is 12.3 Å². The molecule has 0 bridgehead atoms. The molecule has 2 aromatic carbocycles. The van der Waals surface area contributed by atoms with E-state index in [4.69, 9.17) is 14.5 Å². The zero-order chi connectivity index (χ0) is 31.1. The van der Waals surface area contributed by atoms with Gasteiger partial charge in [-0.15, -0.1) is 0 Å². The molecule has 0 radical (unpaired) electrons. The lowest BCUT2D eigenvalue weighted by Gasteiger charge is -2.31. The highest BCUT2D eigenvalue weighted by Gasteiger charge is 2.49. The maximum absolute atomic E-state index is 16.6. The highest BCUT2D eigenvalue weighted by Crippen LogP contribution is 2.41. The normalized spacial score (nSPS) is 23.7. The minimum absolute atomic E-state index is 0.000172. The average molecular weight is 619 g/mol. The Labute approximate surface area is 259 Å². The summed E-state index contributed by atoms with van der Waals surface area (Å²) in [4.78, 5) is 30.0. The molecule has 1 amide bonds. The summed E-state index contributed by atoms with van der Waals surface area (Å²) in [5, 5.41) is 15.3. The van der Waals surface area contributed by atoms with Crippen LogP contribution in [0.2, 0.25) is 0 Å². The standard InChI is InChI=1S/C33H36F2N6O4/c1-44-32(43)37-22-7-4-11-40(13-9-22)30-26-17-36-28(25-15-23(42)14-20-6-2-3-8-24(20)25)27(35)29(26)38-31(39-30)45-19-33-10-5-12-41(33)18-21(34)16-33/h2-3,6,8,14-15,17,21-22,42H,4-5,7,9-13,16,18-19H2,1H3,(H,37,43)/t21-,22?,33+/m1/s1. The van der Waals surface area contributed by atoms with E-state index in [0.717, 1.165) is 43.0 Å². The Morgan fingerprint density at radius 1 is 1.13 bits per heavy atom. The lowest BCUT2D eigenvalue weighted by Crippen LogP contribution is -2.43. The van der Waals surface area contributed by atoms with Crippen LogP contribution in [0.4, 0.5) is 19.4 Å². The van der Waals surface area contributed by atoms with Gasteiger partial charge in [0.2, 0.25) is 0 Å². The van der Waals surface area contributed by atoms with Gasteiger partial charge in [-0.25, -0.2) is 13.6 Å². The van der Waals surface area contributed by atoms with Gasteiger partial charge < -0.3 is 24.8 Å². The van der Waals surface area contributed by atoms with Crippen LogP contribution in [0.3, 0.4) is 0 Å². The Bertz CT molecular complexity index is 1760. The van der Waals surface area contributed by atoms with Gasteiger partial charge in [-0.2, -0.15) is 9.97 Å². The van der Waals surface area contributed by atoms with Crippen molar-refractivity contribution in [1.82, 2.24) is 25.2 Å². The van der Waals surface area contributed by atoms with Gasteiger partial charge in [-0.3, -0.25) is 9.88 Å². The van der Waals surface area contributed by atoms with E-state index in [-0.39, 0.29) is 35.6 Å². The molecule has 0 saturated carbocycles. The van der Waals surface area contributed by atoms with E-state index >= 15 is 4.39 Å². The lowest BCUT2D eigenvalue weighted by atomic mass is 9.95. The summed E-state index contributed by atoms with van der Waals surface area (Å²) in [7, 11) is 1.34. The number of carbonyl (C=O) groups excluding carboxylic acids is 1. The van der Waals surface area contributed by atoms with E-state index < -0.39 is 23.6 Å². The number of nitrogens with one attached hydrogen (secondary N) is 1. The molecule has 3 aliphatic heterocycles. The minimum Gasteiger partial charge on any atom is -0.508 e. The van der Waals surface area contributed by atoms with E-state index in [2.05, 4.69) is 20.2 Å². The van der Waals surface area contributed by atoms with Gasteiger partial charge in [0.1, 0.15) is 35.6 Å². The van der Waals surface area contributed by atoms with E-state index in [1.165, 1.54) is 13.2 Å². The van der Waals surface area contributed by atoms with Crippen LogP contribution in [-0.4, -0.2) is 88.7 Å². The van der Waals surface area contributed by atoms with Crippen LogP contribution in [0.1, 0.15) is 38.5 Å². The van der Waals surface area contributed by atoms with Crippen molar-refractivity contribution < 1.29 is 28.2 Å². The van der Waals surface area contributed by atoms with Crippen LogP contribution in [0.5, 0.6) is 11.8 Å². The first-order valence-corrected chi connectivity index (χ1v) is 15.5. The SMILES string of the molecule is COC(=O)NC1CCCN(c2nc(OC[C@@]34CCCN3C[C@H](F)C4)nc3c(F)c(-c4cc(O)cc5ccccc45)ncc23)CC1. The van der Waals surface area contributed by atoms with Gasteiger partial charge in [0.05, 0.1) is 18.0 Å². The minimum atomic E-state index is -0.909. The quantitative estimate of drug-likeness (QED) is 0.295. The van der Waals surface area contributed by atoms with Crippen molar-refractivity contribution in [2.24, 2.45) is 0 Å². The molecule has 5 heterocycles. The molecule has 10 nitrogen and oxygen atoms in total. The summed E-state index contributed by atoms with van der Waals surface area (Å²) in [6.07, 6.45) is 4.52. The third-order valence-corrected chi connectivity index (χ3v) is 9.51. The zero-order valence-corrected chi connectivity index (χ0v) is 25.1. The van der Waals surface area contributed by atoms with Crippen molar-refractivity contribution in [1.29, 1.82) is 0 Å². The van der Waals surface area contributed by atoms with Crippen LogP contribution < -0.4 is 15.0 Å². The Kier molecular flexibility index (Phi) is 7.76. The molecule has 12 heteroatoms. The smallest absolute Gasteiger partial charge is 0.407 e. The molecule has 236 valence electrons. The number of carbonyl (C=O) groups is 1. The molecule has 3 atom stereocenters. The summed E-state index contributed by atoms with van der Waals surface area (Å²) in [5.74, 6) is -0.162. The third kappa shape index (κ3) is 5.56. The predicted octanol–water partition coefficient (Wildman–Crippen LogP) is 5.36. The summed E-state index contributed by atoms with van der Waals surface area (Å²) < 4.78 is 42.1. The summed E-state index contributed by atoms with van der Waals surface area (Å²) in [5.41, 5.74) is 0.131. The molecule has 3 fully saturated rings. The number of aromatic nitrogens is 3. The molecule has 3 saturated heterocycles. The van der Waals surface area contributed by atoms with Gasteiger partial charge in [0.25, 0.3) is 0 Å². The number of anilines is 1. The van der Waals surface area contributed by atoms with E-state index in [0.29, 0.717) is 49.2 Å². The maximum atomic E-state index is 16.6. The zero-order valence-electron chi connectivity index (χ0n) is 25.1. The first-order valence-electron chi connectivity index (χ1n) is 15.5. The van der Waals surface area contributed by atoms with Crippen molar-refractivity contribution in [3.8, 4) is 23.0 Å². The number of pyridine rings is 1. The van der Waals surface area contributed by atoms with E-state index in [9.17, 15) is 14.3 Å². The molecule has 0 spiro atoms. The lowest BCUT2D eigenvalue weighted by molar-refractivity contribution is 0.107. The third-order valence-electron chi connectivity index (χ3n) is 9.51. The number of nitrogens with zero attached hydrogens (tertiary/aromatic N) is 5. The highest BCUT2D eigenvalue weighted by molar-refractivity contribution is 5.99. The molecule has 0 aliphatic carbocycles. The van der Waals surface area contributed by atoms with Crippen LogP contribution in [-0.2, 0) is 4.74 Å². The molecule has 1 unspecified atom stereocenters. The molecule has 4 aromatic rings. The molecular weight excluding hydrogens is 582 g/mol. The monoisotopic (exact) mass is 618 g/mol. The topological polar surface area (TPSA) is 113 Å². The van der Waals surface area contributed by atoms with Gasteiger partial charge >= 0.3 is 12.1 Å². The number of aromatic hydroxyl groups is 1. The molecular formula is C33H36F2N6O4. The number of alkyl carbamates (subject to hydrolysis) is 1. The second kappa shape index (κ2) is 11.9. The molecule has 45 heavy (non-hydrogen) atoms. The summed E-state index contributed by atoms with van der Waals surface area (Å²) in [6.45, 7) is 2.59. The number of halogens is 2. The fourth-order valence-corrected chi connectivity index (χ4v) is 7.33. The van der Waals surface area contributed by atoms with Gasteiger partial charge in [-0.1, -0.05) is 24.3 Å². The molecule has 2 N–H and O–H groups in total. The summed E-state index contributed by atoms with van der Waals surface area (Å²) in [6, 6.07) is 10.5. The Morgan fingerprint density at radius 3 is 2.87 bits per heavy atom. The number of hydrogen-bond donors (Lipinski definition) is 2. The van der Waals surface area contributed by atoms with Crippen LogP contribution >= 0.6 is 0 Å². The largest absolute Gasteiger partial charge is 0.508 e. The molecule has 2 aromatic heterocycles. The Morgan fingerprint density at radius 2 is 2.00 bits per heavy atom. The first kappa shape index (κ1) is 29.4. The van der Waals surface area contributed by atoms with Crippen LogP contribution in [0, 0.1) is 5.82 Å². The van der Waals surface area contributed by atoms with Crippen molar-refractivity contribution in [3.63, 3.8) is 0 Å². The number of rotatable bonds is 6. The van der Waals surface area contributed by atoms with Gasteiger partial charge in [0.15, 0.2) is 5.82 Å². The number of fused-ring (bicyclic) bond motifs is 3. The van der Waals surface area contributed by atoms with Crippen molar-refractivity contribution in [2.75, 3.05) is 44.8 Å². The van der Waals surface area contributed by atoms with Crippen molar-refractivity contribution >= 4 is 33.6 Å². The fourth-order valence-electron chi connectivity index (χ4n) is 7.33. The van der Waals surface area contributed by atoms with E-state index in [1.807, 2.05) is 29.2 Å². The highest BCUT2D eigenvalue weighted by atomic mass is 19.1. The fraction of sp³-hybridized carbons (Fsp3) is 0.455. The van der Waals surface area contributed by atoms with Crippen LogP contribution in [0.25, 0.3) is 32.9 Å². The number of amides is 1. The van der Waals surface area contributed by atoms with Crippen LogP contribution in [0.15, 0.2) is 42.6 Å². The number of alkyl halides is 1. The maximum Gasteiger partial charge on any atom is 0.407 e. The predicted molar refractivity (Wildman–Crippen MR) is 166 cm³/mol. The Hall–Kier alpha value is -4.32. The average Bonchev–Trinajstić information content (AvgIpc) is 3.46. The summed E-state index contributed by atoms with van der Waals surface area (Å²) >= 11 is 0. The first-order chi connectivity index (χ1) is 21.8. The molecule has 3 aliphatic rings. The van der Waals surface area contributed by atoms with Crippen molar-refractivity contribution in [3.05, 3.63) is 48.4 Å². The second-order valence-corrected chi connectivity index (χ2v) is 12.3. The van der Waals surface area contributed by atoms with Crippen molar-refractivity contribution in [2.45, 2.75) is 56.3 Å². The molecule has 7 rings (SSSR count). The number of hydrogen-bond acceptors (Lipinski definition) is 9. The number of methoxy groups -OCH3 is 1. The Balaban J connectivity index is 1.29. The van der Waals surface area contributed by atoms with Gasteiger partial charge in [0, 0.05) is 43.9 Å². The number of benzene rings is 2. The number of ether oxygens (including phenoxy) is 2. The number of phenolic OH excluding ortho intramolecular Hbond substituents is 1. The number of phenols is 1.